The monoisotopic (exact) mass is 160 g/mol. The summed E-state index contributed by atoms with van der Waals surface area (Å²) in [4.78, 5) is 4.11. The maximum absolute atomic E-state index is 5.31. The van der Waals surface area contributed by atoms with Crippen molar-refractivity contribution in [1.29, 1.82) is 0 Å². The smallest absolute Gasteiger partial charge is 0.127 e. The van der Waals surface area contributed by atoms with Gasteiger partial charge in [0.15, 0.2) is 0 Å². The predicted molar refractivity (Wildman–Crippen MR) is 50.8 cm³/mol. The van der Waals surface area contributed by atoms with Gasteiger partial charge in [0.05, 0.1) is 5.54 Å². The van der Waals surface area contributed by atoms with Crippen LogP contribution >= 0.6 is 0 Å². The molecule has 0 bridgehead atoms. The van der Waals surface area contributed by atoms with E-state index in [0.29, 0.717) is 0 Å². The Hall–Kier alpha value is -1.49. The summed E-state index contributed by atoms with van der Waals surface area (Å²) in [6, 6.07) is 5.68. The fraction of sp³-hybridized carbons (Fsp3) is 0.300. The van der Waals surface area contributed by atoms with Crippen molar-refractivity contribution in [2.24, 2.45) is 0 Å². The molecule has 0 unspecified atom stereocenters. The van der Waals surface area contributed by atoms with Crippen LogP contribution in [0.4, 0.5) is 5.82 Å². The Morgan fingerprint density at radius 3 is 2.75 bits per heavy atom. The number of hydrogen-bond acceptors (Lipinski definition) is 2. The molecule has 1 aromatic heterocycles. The molecule has 2 heteroatoms. The first-order valence-corrected chi connectivity index (χ1v) is 3.81. The van der Waals surface area contributed by atoms with E-state index in [4.69, 9.17) is 6.42 Å². The van der Waals surface area contributed by atoms with Crippen LogP contribution in [0.3, 0.4) is 0 Å². The highest BCUT2D eigenvalue weighted by Crippen LogP contribution is 2.09. The number of rotatable bonds is 2. The first kappa shape index (κ1) is 8.61. The first-order valence-electron chi connectivity index (χ1n) is 3.81. The van der Waals surface area contributed by atoms with Crippen LogP contribution < -0.4 is 5.32 Å². The molecule has 0 aromatic carbocycles. The number of anilines is 1. The summed E-state index contributed by atoms with van der Waals surface area (Å²) < 4.78 is 0. The molecule has 1 N–H and O–H groups in total. The number of terminal acetylenes is 1. The Morgan fingerprint density at radius 2 is 2.25 bits per heavy atom. The van der Waals surface area contributed by atoms with Crippen molar-refractivity contribution in [3.8, 4) is 12.3 Å². The van der Waals surface area contributed by atoms with Gasteiger partial charge in [0.1, 0.15) is 5.82 Å². The molecule has 0 aliphatic carbocycles. The number of nitrogens with zero attached hydrogens (tertiary/aromatic N) is 1. The van der Waals surface area contributed by atoms with E-state index in [1.165, 1.54) is 0 Å². The zero-order chi connectivity index (χ0) is 9.03. The molecule has 62 valence electrons. The number of hydrogen-bond donors (Lipinski definition) is 1. The molecule has 12 heavy (non-hydrogen) atoms. The number of nitrogens with one attached hydrogen (secondary N) is 1. The Bertz CT molecular complexity index is 282. The van der Waals surface area contributed by atoms with Gasteiger partial charge in [-0.25, -0.2) is 4.98 Å². The van der Waals surface area contributed by atoms with Crippen LogP contribution in [0.2, 0.25) is 0 Å². The van der Waals surface area contributed by atoms with E-state index in [9.17, 15) is 0 Å². The lowest BCUT2D eigenvalue weighted by Gasteiger charge is -2.19. The van der Waals surface area contributed by atoms with Crippen molar-refractivity contribution in [2.75, 3.05) is 5.32 Å². The maximum atomic E-state index is 5.31. The van der Waals surface area contributed by atoms with Crippen LogP contribution in [0.5, 0.6) is 0 Å². The molecular formula is C10H12N2. The second-order valence-electron chi connectivity index (χ2n) is 3.11. The summed E-state index contributed by atoms with van der Waals surface area (Å²) in [6.07, 6.45) is 7.04. The van der Waals surface area contributed by atoms with E-state index in [-0.39, 0.29) is 5.54 Å². The third-order valence-electron chi connectivity index (χ3n) is 1.47. The second kappa shape index (κ2) is 3.27. The normalized spacial score (nSPS) is 10.4. The van der Waals surface area contributed by atoms with Crippen LogP contribution in [-0.4, -0.2) is 10.5 Å². The molecule has 0 amide bonds. The lowest BCUT2D eigenvalue weighted by atomic mass is 10.1. The highest BCUT2D eigenvalue weighted by Gasteiger charge is 2.12. The van der Waals surface area contributed by atoms with Crippen molar-refractivity contribution in [3.05, 3.63) is 24.4 Å². The molecule has 1 aromatic rings. The molecule has 0 atom stereocenters. The van der Waals surface area contributed by atoms with Crippen LogP contribution in [0.15, 0.2) is 24.4 Å². The Labute approximate surface area is 73.0 Å². The van der Waals surface area contributed by atoms with E-state index in [2.05, 4.69) is 16.2 Å². The molecule has 0 radical (unpaired) electrons. The van der Waals surface area contributed by atoms with Crippen LogP contribution in [0.25, 0.3) is 0 Å². The largest absolute Gasteiger partial charge is 0.354 e. The van der Waals surface area contributed by atoms with E-state index >= 15 is 0 Å². The molecule has 0 fully saturated rings. The topological polar surface area (TPSA) is 24.9 Å². The van der Waals surface area contributed by atoms with Gasteiger partial charge in [0.25, 0.3) is 0 Å². The van der Waals surface area contributed by atoms with Gasteiger partial charge in [-0.05, 0) is 26.0 Å². The Morgan fingerprint density at radius 1 is 1.50 bits per heavy atom. The quantitative estimate of drug-likeness (QED) is 0.668. The molecule has 0 aliphatic heterocycles. The molecular weight excluding hydrogens is 148 g/mol. The molecule has 0 saturated carbocycles. The highest BCUT2D eigenvalue weighted by molar-refractivity contribution is 5.39. The average molecular weight is 160 g/mol. The minimum absolute atomic E-state index is 0.339. The standard InChI is InChI=1S/C10H12N2/c1-4-10(2,3)12-9-7-5-6-8-11-9/h1,5-8H,2-3H3,(H,11,12). The van der Waals surface area contributed by atoms with Crippen LogP contribution in [0.1, 0.15) is 13.8 Å². The Kier molecular flexibility index (Phi) is 2.35. The molecule has 0 spiro atoms. The fourth-order valence-electron chi connectivity index (χ4n) is 0.793. The van der Waals surface area contributed by atoms with Crippen molar-refractivity contribution in [2.45, 2.75) is 19.4 Å². The zero-order valence-corrected chi connectivity index (χ0v) is 7.33. The fourth-order valence-corrected chi connectivity index (χ4v) is 0.793. The van der Waals surface area contributed by atoms with Gasteiger partial charge < -0.3 is 5.32 Å². The molecule has 0 saturated heterocycles. The molecule has 1 heterocycles. The summed E-state index contributed by atoms with van der Waals surface area (Å²) in [5, 5.41) is 3.12. The maximum Gasteiger partial charge on any atom is 0.127 e. The molecule has 1 rings (SSSR count). The van der Waals surface area contributed by atoms with Gasteiger partial charge in [-0.15, -0.1) is 6.42 Å². The van der Waals surface area contributed by atoms with Gasteiger partial charge in [-0.3, -0.25) is 0 Å². The summed E-state index contributed by atoms with van der Waals surface area (Å²) in [7, 11) is 0. The van der Waals surface area contributed by atoms with E-state index in [1.807, 2.05) is 32.0 Å². The second-order valence-corrected chi connectivity index (χ2v) is 3.11. The summed E-state index contributed by atoms with van der Waals surface area (Å²) >= 11 is 0. The SMILES string of the molecule is C#CC(C)(C)Nc1ccccn1. The number of aromatic nitrogens is 1. The van der Waals surface area contributed by atoms with Gasteiger partial charge in [-0.2, -0.15) is 0 Å². The summed E-state index contributed by atoms with van der Waals surface area (Å²) in [5.41, 5.74) is -0.339. The van der Waals surface area contributed by atoms with E-state index in [0.717, 1.165) is 5.82 Å². The number of pyridine rings is 1. The van der Waals surface area contributed by atoms with Crippen molar-refractivity contribution in [3.63, 3.8) is 0 Å². The average Bonchev–Trinajstić information content (AvgIpc) is 2.06. The highest BCUT2D eigenvalue weighted by atomic mass is 15.0. The molecule has 2 nitrogen and oxygen atoms in total. The van der Waals surface area contributed by atoms with Gasteiger partial charge in [0, 0.05) is 6.20 Å². The van der Waals surface area contributed by atoms with Gasteiger partial charge >= 0.3 is 0 Å². The lowest BCUT2D eigenvalue weighted by Crippen LogP contribution is -2.28. The van der Waals surface area contributed by atoms with Gasteiger partial charge in [0.2, 0.25) is 0 Å². The van der Waals surface area contributed by atoms with Crippen LogP contribution in [0, 0.1) is 12.3 Å². The van der Waals surface area contributed by atoms with E-state index < -0.39 is 0 Å². The third-order valence-corrected chi connectivity index (χ3v) is 1.47. The van der Waals surface area contributed by atoms with Gasteiger partial charge in [-0.1, -0.05) is 12.0 Å². The van der Waals surface area contributed by atoms with Crippen molar-refractivity contribution < 1.29 is 0 Å². The summed E-state index contributed by atoms with van der Waals surface area (Å²) in [5.74, 6) is 3.44. The van der Waals surface area contributed by atoms with Crippen molar-refractivity contribution in [1.82, 2.24) is 4.98 Å². The Balaban J connectivity index is 2.72. The van der Waals surface area contributed by atoms with Crippen LogP contribution in [-0.2, 0) is 0 Å². The third kappa shape index (κ3) is 2.28. The zero-order valence-electron chi connectivity index (χ0n) is 7.33. The van der Waals surface area contributed by atoms with E-state index in [1.54, 1.807) is 6.20 Å². The first-order chi connectivity index (χ1) is 5.64. The molecule has 0 aliphatic rings. The predicted octanol–water partition coefficient (Wildman–Crippen LogP) is 1.91. The minimum Gasteiger partial charge on any atom is -0.354 e. The minimum atomic E-state index is -0.339. The summed E-state index contributed by atoms with van der Waals surface area (Å²) in [6.45, 7) is 3.86. The lowest BCUT2D eigenvalue weighted by molar-refractivity contribution is 0.736. The van der Waals surface area contributed by atoms with Crippen molar-refractivity contribution >= 4 is 5.82 Å².